The molecule has 0 unspecified atom stereocenters. The highest BCUT2D eigenvalue weighted by atomic mass is 35.5. The lowest BCUT2D eigenvalue weighted by Crippen LogP contribution is -2.03. The van der Waals surface area contributed by atoms with Crippen molar-refractivity contribution >= 4 is 24.5 Å². The van der Waals surface area contributed by atoms with Crippen molar-refractivity contribution in [2.45, 2.75) is 0 Å². The topological polar surface area (TPSA) is 57.5 Å². The molecule has 12 heavy (non-hydrogen) atoms. The van der Waals surface area contributed by atoms with Gasteiger partial charge < -0.3 is 9.79 Å². The molecule has 6 heteroatoms. The van der Waals surface area contributed by atoms with Gasteiger partial charge in [-0.05, 0) is 18.2 Å². The van der Waals surface area contributed by atoms with E-state index in [2.05, 4.69) is 0 Å². The number of hydrogen-bond donors (Lipinski definition) is 2. The van der Waals surface area contributed by atoms with E-state index in [4.69, 9.17) is 21.4 Å². The van der Waals surface area contributed by atoms with Crippen LogP contribution in [0.2, 0.25) is 5.02 Å². The second-order valence-corrected chi connectivity index (χ2v) is 4.15. The minimum atomic E-state index is -4.36. The number of hydrogen-bond acceptors (Lipinski definition) is 1. The molecule has 66 valence electrons. The van der Waals surface area contributed by atoms with E-state index in [9.17, 15) is 8.96 Å². The van der Waals surface area contributed by atoms with Crippen LogP contribution in [0, 0.1) is 5.82 Å². The van der Waals surface area contributed by atoms with E-state index >= 15 is 0 Å². The first kappa shape index (κ1) is 9.68. The molecule has 3 nitrogen and oxygen atoms in total. The van der Waals surface area contributed by atoms with E-state index in [1.54, 1.807) is 0 Å². The van der Waals surface area contributed by atoms with Crippen LogP contribution in [0.5, 0.6) is 0 Å². The monoisotopic (exact) mass is 210 g/mol. The van der Waals surface area contributed by atoms with Crippen LogP contribution in [-0.4, -0.2) is 9.79 Å². The molecule has 0 atom stereocenters. The Hall–Kier alpha value is -0.410. The second-order valence-electron chi connectivity index (χ2n) is 2.14. The fourth-order valence-corrected chi connectivity index (χ4v) is 1.33. The summed E-state index contributed by atoms with van der Waals surface area (Å²) in [4.78, 5) is 17.2. The normalized spacial score (nSPS) is 11.7. The average molecular weight is 211 g/mol. The molecule has 0 aliphatic carbocycles. The lowest BCUT2D eigenvalue weighted by molar-refractivity contribution is 0.387. The second kappa shape index (κ2) is 3.15. The average Bonchev–Trinajstić information content (AvgIpc) is 1.92. The Labute approximate surface area is 73.0 Å². The van der Waals surface area contributed by atoms with Gasteiger partial charge in [-0.3, -0.25) is 4.57 Å². The maximum Gasteiger partial charge on any atom is 0.356 e. The van der Waals surface area contributed by atoms with E-state index in [-0.39, 0.29) is 10.3 Å². The summed E-state index contributed by atoms with van der Waals surface area (Å²) >= 11 is 5.30. The van der Waals surface area contributed by atoms with Crippen molar-refractivity contribution in [3.05, 3.63) is 29.0 Å². The molecule has 0 spiro atoms. The van der Waals surface area contributed by atoms with Gasteiger partial charge in [-0.15, -0.1) is 0 Å². The Morgan fingerprint density at radius 3 is 2.42 bits per heavy atom. The van der Waals surface area contributed by atoms with Crippen LogP contribution in [-0.2, 0) is 4.57 Å². The highest BCUT2D eigenvalue weighted by Gasteiger charge is 2.17. The van der Waals surface area contributed by atoms with E-state index in [0.717, 1.165) is 18.2 Å². The summed E-state index contributed by atoms with van der Waals surface area (Å²) in [5, 5.41) is -0.531. The van der Waals surface area contributed by atoms with Crippen molar-refractivity contribution in [3.63, 3.8) is 0 Å². The molecule has 0 fully saturated rings. The fourth-order valence-electron chi connectivity index (χ4n) is 0.666. The van der Waals surface area contributed by atoms with Crippen molar-refractivity contribution in [2.75, 3.05) is 0 Å². The van der Waals surface area contributed by atoms with Crippen LogP contribution in [0.25, 0.3) is 0 Å². The molecular formula is C6H5ClFO3P. The van der Waals surface area contributed by atoms with E-state index in [0.29, 0.717) is 0 Å². The highest BCUT2D eigenvalue weighted by Crippen LogP contribution is 2.33. The van der Waals surface area contributed by atoms with Crippen LogP contribution < -0.4 is 5.30 Å². The third-order valence-corrected chi connectivity index (χ3v) is 2.50. The van der Waals surface area contributed by atoms with Gasteiger partial charge in [-0.2, -0.15) is 0 Å². The molecule has 0 saturated carbocycles. The van der Waals surface area contributed by atoms with Gasteiger partial charge in [0.05, 0.1) is 10.3 Å². The highest BCUT2D eigenvalue weighted by molar-refractivity contribution is 7.60. The van der Waals surface area contributed by atoms with Crippen LogP contribution in [0.3, 0.4) is 0 Å². The van der Waals surface area contributed by atoms with Crippen LogP contribution in [0.4, 0.5) is 4.39 Å². The predicted octanol–water partition coefficient (Wildman–Crippen LogP) is 1.28. The Morgan fingerprint density at radius 2 is 2.00 bits per heavy atom. The minimum absolute atomic E-state index is 0.160. The molecule has 0 saturated heterocycles. The first-order valence-electron chi connectivity index (χ1n) is 2.92. The van der Waals surface area contributed by atoms with Crippen LogP contribution in [0.15, 0.2) is 18.2 Å². The molecule has 0 aliphatic rings. The standard InChI is InChI=1S/C6H5ClFO3P/c7-5-2-1-4(3-6(5)8)12(9,10)11/h1-3H,(H2,9,10,11). The largest absolute Gasteiger partial charge is 0.356 e. The summed E-state index contributed by atoms with van der Waals surface area (Å²) in [5.41, 5.74) is 0. The third-order valence-electron chi connectivity index (χ3n) is 1.24. The van der Waals surface area contributed by atoms with E-state index in [1.807, 2.05) is 0 Å². The number of benzene rings is 1. The molecule has 0 aromatic heterocycles. The molecule has 2 N–H and O–H groups in total. The molecule has 0 bridgehead atoms. The molecule has 0 radical (unpaired) electrons. The van der Waals surface area contributed by atoms with E-state index < -0.39 is 13.4 Å². The number of rotatable bonds is 1. The quantitative estimate of drug-likeness (QED) is 0.687. The zero-order chi connectivity index (χ0) is 9.35. The maximum absolute atomic E-state index is 12.6. The third kappa shape index (κ3) is 2.05. The fraction of sp³-hybridized carbons (Fsp3) is 0. The van der Waals surface area contributed by atoms with Gasteiger partial charge >= 0.3 is 7.60 Å². The Morgan fingerprint density at radius 1 is 1.42 bits per heavy atom. The van der Waals surface area contributed by atoms with Gasteiger partial charge in [-0.1, -0.05) is 11.6 Å². The Balaban J connectivity index is 3.23. The summed E-state index contributed by atoms with van der Waals surface area (Å²) in [5.74, 6) is -0.836. The van der Waals surface area contributed by atoms with Gasteiger partial charge in [-0.25, -0.2) is 4.39 Å². The van der Waals surface area contributed by atoms with Crippen LogP contribution in [0.1, 0.15) is 0 Å². The predicted molar refractivity (Wildman–Crippen MR) is 43.1 cm³/mol. The van der Waals surface area contributed by atoms with Crippen molar-refractivity contribution in [2.24, 2.45) is 0 Å². The summed E-state index contributed by atoms with van der Waals surface area (Å²) < 4.78 is 23.2. The SMILES string of the molecule is O=P(O)(O)c1ccc(Cl)c(F)c1. The summed E-state index contributed by atoms with van der Waals surface area (Å²) in [6, 6.07) is 2.92. The van der Waals surface area contributed by atoms with Gasteiger partial charge in [0.1, 0.15) is 5.82 Å². The van der Waals surface area contributed by atoms with Crippen molar-refractivity contribution in [3.8, 4) is 0 Å². The maximum atomic E-state index is 12.6. The van der Waals surface area contributed by atoms with Crippen molar-refractivity contribution < 1.29 is 18.7 Å². The zero-order valence-electron chi connectivity index (χ0n) is 5.74. The van der Waals surface area contributed by atoms with Gasteiger partial charge in [0, 0.05) is 0 Å². The summed E-state index contributed by atoms with van der Waals surface area (Å²) in [7, 11) is -4.36. The Kier molecular flexibility index (Phi) is 2.54. The van der Waals surface area contributed by atoms with Crippen LogP contribution >= 0.6 is 19.2 Å². The molecule has 1 rings (SSSR count). The molecular weight excluding hydrogens is 205 g/mol. The minimum Gasteiger partial charge on any atom is -0.321 e. The zero-order valence-corrected chi connectivity index (χ0v) is 7.39. The van der Waals surface area contributed by atoms with Gasteiger partial charge in [0.2, 0.25) is 0 Å². The first-order chi connectivity index (χ1) is 5.41. The van der Waals surface area contributed by atoms with Crippen molar-refractivity contribution in [1.82, 2.24) is 0 Å². The molecule has 1 aromatic rings. The van der Waals surface area contributed by atoms with E-state index in [1.165, 1.54) is 0 Å². The molecule has 1 aromatic carbocycles. The first-order valence-corrected chi connectivity index (χ1v) is 4.91. The summed E-state index contributed by atoms with van der Waals surface area (Å²) in [6.45, 7) is 0. The smallest absolute Gasteiger partial charge is 0.321 e. The van der Waals surface area contributed by atoms with Crippen molar-refractivity contribution in [1.29, 1.82) is 0 Å². The molecule has 0 heterocycles. The lowest BCUT2D eigenvalue weighted by Gasteiger charge is -2.03. The van der Waals surface area contributed by atoms with Gasteiger partial charge in [0.15, 0.2) is 0 Å². The molecule has 0 aliphatic heterocycles. The molecule has 0 amide bonds. The Bertz CT molecular complexity index is 349. The number of halogens is 2. The lowest BCUT2D eigenvalue weighted by atomic mass is 10.3. The summed E-state index contributed by atoms with van der Waals surface area (Å²) in [6.07, 6.45) is 0. The van der Waals surface area contributed by atoms with Gasteiger partial charge in [0.25, 0.3) is 0 Å².